The van der Waals surface area contributed by atoms with Crippen LogP contribution in [0.5, 0.6) is 0 Å². The van der Waals surface area contributed by atoms with Gasteiger partial charge in [-0.05, 0) is 110 Å². The number of rotatable bonds is 23. The topological polar surface area (TPSA) is 474 Å². The fraction of sp³-hybridized carbons (Fsp3) is 0.667. The first-order chi connectivity index (χ1) is 36.0. The third-order valence-electron chi connectivity index (χ3n) is 12.2. The van der Waals surface area contributed by atoms with Gasteiger partial charge in [0.25, 0.3) is 0 Å². The molecular formula is C48H84N16O12. The Morgan fingerprint density at radius 3 is 1.54 bits per heavy atom. The Labute approximate surface area is 443 Å². The van der Waals surface area contributed by atoms with Crippen molar-refractivity contribution in [3.63, 3.8) is 0 Å². The summed E-state index contributed by atoms with van der Waals surface area (Å²) in [4.78, 5) is 139. The fourth-order valence-corrected chi connectivity index (χ4v) is 8.01. The Morgan fingerprint density at radius 2 is 1.05 bits per heavy atom. The highest BCUT2D eigenvalue weighted by Crippen LogP contribution is 2.11. The number of carbonyl (C=O) groups excluding carboxylic acids is 10. The fourth-order valence-electron chi connectivity index (χ4n) is 8.01. The zero-order valence-electron chi connectivity index (χ0n) is 44.2. The van der Waals surface area contributed by atoms with Gasteiger partial charge in [0.05, 0.1) is 18.2 Å². The summed E-state index contributed by atoms with van der Waals surface area (Å²) in [6, 6.07) is -5.52. The van der Waals surface area contributed by atoms with E-state index in [4.69, 9.17) is 28.7 Å². The molecule has 23 N–H and O–H groups in total. The van der Waals surface area contributed by atoms with E-state index in [1.165, 1.54) is 20.9 Å². The number of likely N-dealkylation sites (N-methyl/N-ethyl adjacent to an activating group) is 1. The van der Waals surface area contributed by atoms with Crippen LogP contribution in [0.1, 0.15) is 78.2 Å². The predicted molar refractivity (Wildman–Crippen MR) is 279 cm³/mol. The van der Waals surface area contributed by atoms with Crippen LogP contribution in [0.4, 0.5) is 0 Å². The first-order valence-corrected chi connectivity index (χ1v) is 25.6. The normalized spacial score (nSPS) is 23.9. The second kappa shape index (κ2) is 34.3. The summed E-state index contributed by atoms with van der Waals surface area (Å²) in [6.45, 7) is 5.10. The smallest absolute Gasteiger partial charge is 0.245 e. The Hall–Kier alpha value is -6.40. The minimum atomic E-state index is -1.67. The summed E-state index contributed by atoms with van der Waals surface area (Å²) in [6.07, 6.45) is -4.04. The van der Waals surface area contributed by atoms with E-state index >= 15 is 0 Å². The number of hydrogen-bond acceptors (Lipinski definition) is 18. The standard InChI is InChI=1S/C48H84N16O12/c1-25(2)23-35-45(73)58-30(12-18-50)40(68)57-33(15-21-53)44(72)63-37(26(3)65)47(75)55-22-16-34(43(71)56-31(13-19-51)42(70)62-36(46(74)61-35)24-28-9-7-6-8-10-28)59-41(69)32(14-20-52)60-48(76)38(27(4)66)64-39(67)29(54-5)11-17-49/h6-10,25-27,29-38,54,65-66H,11-24,49-53H2,1-5H3,(H,55,75)(H,56,71)(H,57,68)(H,58,73)(H,59,69)(H,60,76)(H,61,74)(H,62,70)(H,63,72)(H,64,67)/t26-,27-,29+,30+,31+,32+,33+,34+,35+,36-,37+,38+/m1/s1. The van der Waals surface area contributed by atoms with Gasteiger partial charge in [0.1, 0.15) is 54.4 Å². The van der Waals surface area contributed by atoms with E-state index in [0.29, 0.717) is 5.56 Å². The average molecular weight is 1080 g/mol. The molecule has 28 heteroatoms. The van der Waals surface area contributed by atoms with Crippen LogP contribution in [0.15, 0.2) is 30.3 Å². The van der Waals surface area contributed by atoms with E-state index in [1.807, 2.05) is 0 Å². The van der Waals surface area contributed by atoms with Gasteiger partial charge in [0.15, 0.2) is 0 Å². The van der Waals surface area contributed by atoms with E-state index in [0.717, 1.165) is 0 Å². The van der Waals surface area contributed by atoms with Crippen LogP contribution in [0.2, 0.25) is 0 Å². The van der Waals surface area contributed by atoms with Gasteiger partial charge in [0.2, 0.25) is 59.1 Å². The zero-order valence-corrected chi connectivity index (χ0v) is 44.2. The molecule has 428 valence electrons. The average Bonchev–Trinajstić information content (AvgIpc) is 3.36. The maximum Gasteiger partial charge on any atom is 0.245 e. The third kappa shape index (κ3) is 22.1. The summed E-state index contributed by atoms with van der Waals surface area (Å²) >= 11 is 0. The highest BCUT2D eigenvalue weighted by atomic mass is 16.3. The van der Waals surface area contributed by atoms with E-state index in [9.17, 15) is 58.2 Å². The van der Waals surface area contributed by atoms with E-state index in [-0.39, 0.29) is 83.6 Å². The number of carbonyl (C=O) groups is 10. The van der Waals surface area contributed by atoms with Crippen molar-refractivity contribution in [3.05, 3.63) is 35.9 Å². The van der Waals surface area contributed by atoms with Crippen LogP contribution in [-0.4, -0.2) is 188 Å². The van der Waals surface area contributed by atoms with Crippen molar-refractivity contribution >= 4 is 59.1 Å². The molecule has 0 spiro atoms. The largest absolute Gasteiger partial charge is 0.391 e. The maximum absolute atomic E-state index is 14.4. The molecule has 0 aliphatic carbocycles. The number of amides is 10. The van der Waals surface area contributed by atoms with Crippen molar-refractivity contribution in [1.29, 1.82) is 0 Å². The Balaban J connectivity index is 2.74. The van der Waals surface area contributed by atoms with Crippen molar-refractivity contribution in [3.8, 4) is 0 Å². The number of benzene rings is 1. The van der Waals surface area contributed by atoms with Gasteiger partial charge >= 0.3 is 0 Å². The summed E-state index contributed by atoms with van der Waals surface area (Å²) in [5.41, 5.74) is 29.6. The maximum atomic E-state index is 14.4. The molecule has 0 radical (unpaired) electrons. The van der Waals surface area contributed by atoms with Crippen molar-refractivity contribution in [2.45, 2.75) is 152 Å². The van der Waals surface area contributed by atoms with Crippen LogP contribution >= 0.6 is 0 Å². The van der Waals surface area contributed by atoms with Crippen LogP contribution in [0, 0.1) is 5.92 Å². The van der Waals surface area contributed by atoms with Crippen LogP contribution in [0.3, 0.4) is 0 Å². The van der Waals surface area contributed by atoms with Crippen LogP contribution in [-0.2, 0) is 54.4 Å². The van der Waals surface area contributed by atoms with Gasteiger partial charge in [-0.3, -0.25) is 47.9 Å². The molecule has 76 heavy (non-hydrogen) atoms. The number of aliphatic hydroxyl groups excluding tert-OH is 2. The number of hydrogen-bond donors (Lipinski definition) is 18. The minimum absolute atomic E-state index is 0.0559. The van der Waals surface area contributed by atoms with Gasteiger partial charge in [-0.15, -0.1) is 0 Å². The van der Waals surface area contributed by atoms with E-state index in [2.05, 4.69) is 58.5 Å². The molecule has 0 aromatic heterocycles. The molecule has 1 aliphatic rings. The van der Waals surface area contributed by atoms with Crippen molar-refractivity contribution in [2.75, 3.05) is 46.3 Å². The molecule has 1 fully saturated rings. The lowest BCUT2D eigenvalue weighted by atomic mass is 10.00. The van der Waals surface area contributed by atoms with Crippen molar-refractivity contribution < 1.29 is 58.2 Å². The Bertz CT molecular complexity index is 2070. The summed E-state index contributed by atoms with van der Waals surface area (Å²) < 4.78 is 0. The molecule has 0 saturated carbocycles. The lowest BCUT2D eigenvalue weighted by molar-refractivity contribution is -0.136. The van der Waals surface area contributed by atoms with Crippen LogP contribution in [0.25, 0.3) is 0 Å². The first-order valence-electron chi connectivity index (χ1n) is 25.6. The van der Waals surface area contributed by atoms with Gasteiger partial charge < -0.3 is 97.4 Å². The molecule has 0 bridgehead atoms. The molecule has 12 atom stereocenters. The van der Waals surface area contributed by atoms with E-state index < -0.39 is 145 Å². The molecule has 1 heterocycles. The van der Waals surface area contributed by atoms with Gasteiger partial charge in [-0.2, -0.15) is 0 Å². The predicted octanol–water partition coefficient (Wildman–Crippen LogP) is -7.75. The van der Waals surface area contributed by atoms with Crippen molar-refractivity contribution in [2.24, 2.45) is 34.6 Å². The molecule has 1 aliphatic heterocycles. The molecule has 0 unspecified atom stereocenters. The highest BCUT2D eigenvalue weighted by molar-refractivity contribution is 5.99. The number of nitrogens with two attached hydrogens (primary N) is 5. The third-order valence-corrected chi connectivity index (χ3v) is 12.2. The highest BCUT2D eigenvalue weighted by Gasteiger charge is 2.37. The monoisotopic (exact) mass is 1080 g/mol. The minimum Gasteiger partial charge on any atom is -0.391 e. The summed E-state index contributed by atoms with van der Waals surface area (Å²) in [5.74, 6) is -9.14. The van der Waals surface area contributed by atoms with Gasteiger partial charge in [-0.25, -0.2) is 0 Å². The molecule has 1 aromatic carbocycles. The quantitative estimate of drug-likeness (QED) is 0.0484. The second-order valence-corrected chi connectivity index (χ2v) is 19.0. The lowest BCUT2D eigenvalue weighted by Gasteiger charge is -2.29. The second-order valence-electron chi connectivity index (χ2n) is 19.0. The molecule has 1 aromatic rings. The van der Waals surface area contributed by atoms with Crippen molar-refractivity contribution in [1.82, 2.24) is 58.5 Å². The first kappa shape index (κ1) is 65.7. The molecule has 10 amide bonds. The lowest BCUT2D eigenvalue weighted by Crippen LogP contribution is -2.62. The zero-order chi connectivity index (χ0) is 57.1. The molecule has 1 saturated heterocycles. The molecular weight excluding hydrogens is 993 g/mol. The van der Waals surface area contributed by atoms with Gasteiger partial charge in [0, 0.05) is 13.0 Å². The summed E-state index contributed by atoms with van der Waals surface area (Å²) in [7, 11) is 1.50. The molecule has 2 rings (SSSR count). The number of nitrogens with one attached hydrogen (secondary N) is 11. The summed E-state index contributed by atoms with van der Waals surface area (Å²) in [5, 5.41) is 49.5. The van der Waals surface area contributed by atoms with E-state index in [1.54, 1.807) is 44.2 Å². The molecule has 28 nitrogen and oxygen atoms in total. The Kier molecular flexibility index (Phi) is 29.7. The SMILES string of the molecule is CN[C@@H](CCN)C(=O)N[C@H](C(=O)N[C@@H](CCN)C(=O)N[C@H]1CCNC(=O)[C@H]([C@@H](C)O)NC(=O)[C@H](CCN)NC(=O)[C@H](CCN)NC(=O)[C@H](CC(C)C)NC(=O)[C@@H](Cc2ccccc2)NC(=O)[C@H](CCN)NC1=O)[C@@H](C)O. The van der Waals surface area contributed by atoms with Gasteiger partial charge in [-0.1, -0.05) is 44.2 Å². The number of aliphatic hydroxyl groups is 2. The van der Waals surface area contributed by atoms with Crippen LogP contribution < -0.4 is 87.2 Å². The Morgan fingerprint density at radius 1 is 0.579 bits per heavy atom.